The predicted molar refractivity (Wildman–Crippen MR) is 53.8 cm³/mol. The molecule has 1 aromatic rings. The zero-order valence-corrected chi connectivity index (χ0v) is 9.30. The summed E-state index contributed by atoms with van der Waals surface area (Å²) in [6, 6.07) is 2.16. The van der Waals surface area contributed by atoms with Crippen molar-refractivity contribution >= 4 is 21.8 Å². The third kappa shape index (κ3) is 2.04. The fraction of sp³-hybridized carbons (Fsp3) is 0.222. The average Bonchev–Trinajstić information content (AvgIpc) is 2.10. The van der Waals surface area contributed by atoms with Crippen LogP contribution >= 0.6 is 15.9 Å². The van der Waals surface area contributed by atoms with E-state index in [0.717, 1.165) is 6.07 Å². The first-order valence-corrected chi connectivity index (χ1v) is 4.62. The summed E-state index contributed by atoms with van der Waals surface area (Å²) in [5.41, 5.74) is 0.0725. The Kier molecular flexibility index (Phi) is 3.10. The Morgan fingerprint density at radius 2 is 2.07 bits per heavy atom. The molecule has 1 amide bonds. The maximum absolute atomic E-state index is 12.9. The van der Waals surface area contributed by atoms with Gasteiger partial charge >= 0.3 is 0 Å². The number of hydrogen-bond acceptors (Lipinski definition) is 2. The first-order chi connectivity index (χ1) is 6.43. The van der Waals surface area contributed by atoms with E-state index in [1.54, 1.807) is 14.1 Å². The number of rotatable bonds is 1. The molecule has 3 nitrogen and oxygen atoms in total. The molecule has 14 heavy (non-hydrogen) atoms. The maximum Gasteiger partial charge on any atom is 0.257 e. The molecule has 0 aliphatic rings. The zero-order chi connectivity index (χ0) is 10.9. The van der Waals surface area contributed by atoms with Crippen molar-refractivity contribution in [3.05, 3.63) is 28.0 Å². The summed E-state index contributed by atoms with van der Waals surface area (Å²) in [6.45, 7) is 0. The molecule has 0 atom stereocenters. The topological polar surface area (TPSA) is 40.5 Å². The summed E-state index contributed by atoms with van der Waals surface area (Å²) in [7, 11) is 3.11. The van der Waals surface area contributed by atoms with Crippen LogP contribution in [0.3, 0.4) is 0 Å². The molecule has 0 bridgehead atoms. The minimum atomic E-state index is -0.599. The van der Waals surface area contributed by atoms with Crippen LogP contribution in [0.2, 0.25) is 0 Å². The highest BCUT2D eigenvalue weighted by Gasteiger charge is 2.15. The monoisotopic (exact) mass is 261 g/mol. The van der Waals surface area contributed by atoms with Crippen LogP contribution in [0.1, 0.15) is 10.4 Å². The van der Waals surface area contributed by atoms with Gasteiger partial charge in [-0.3, -0.25) is 4.79 Å². The van der Waals surface area contributed by atoms with E-state index in [1.165, 1.54) is 11.0 Å². The molecule has 0 saturated carbocycles. The molecule has 1 aromatic carbocycles. The Hall–Kier alpha value is -1.10. The van der Waals surface area contributed by atoms with Crippen molar-refractivity contribution in [2.75, 3.05) is 14.1 Å². The summed E-state index contributed by atoms with van der Waals surface area (Å²) >= 11 is 2.94. The summed E-state index contributed by atoms with van der Waals surface area (Å²) in [5, 5.41) is 9.33. The Balaban J connectivity index is 3.22. The lowest BCUT2D eigenvalue weighted by atomic mass is 10.2. The molecule has 0 unspecified atom stereocenters. The van der Waals surface area contributed by atoms with Crippen LogP contribution in [0.5, 0.6) is 5.75 Å². The SMILES string of the molecule is CN(C)C(=O)c1cc(Br)c(F)cc1O. The minimum absolute atomic E-state index is 0.0725. The van der Waals surface area contributed by atoms with Crippen LogP contribution in [-0.2, 0) is 0 Å². The van der Waals surface area contributed by atoms with Crippen molar-refractivity contribution in [1.82, 2.24) is 4.90 Å². The lowest BCUT2D eigenvalue weighted by molar-refractivity contribution is 0.0824. The largest absolute Gasteiger partial charge is 0.507 e. The van der Waals surface area contributed by atoms with Crippen molar-refractivity contribution in [1.29, 1.82) is 0 Å². The van der Waals surface area contributed by atoms with Crippen LogP contribution in [0, 0.1) is 5.82 Å². The number of benzene rings is 1. The van der Waals surface area contributed by atoms with E-state index >= 15 is 0 Å². The highest BCUT2D eigenvalue weighted by Crippen LogP contribution is 2.25. The summed E-state index contributed by atoms with van der Waals surface area (Å²) in [5.74, 6) is -1.33. The molecule has 0 heterocycles. The van der Waals surface area contributed by atoms with Crippen LogP contribution < -0.4 is 0 Å². The van der Waals surface area contributed by atoms with Gasteiger partial charge in [0.25, 0.3) is 5.91 Å². The third-order valence-corrected chi connectivity index (χ3v) is 2.28. The van der Waals surface area contributed by atoms with Crippen LogP contribution in [0.15, 0.2) is 16.6 Å². The standard InChI is InChI=1S/C9H9BrFNO2/c1-12(2)9(14)5-3-6(10)7(11)4-8(5)13/h3-4,13H,1-2H3. The quantitative estimate of drug-likeness (QED) is 0.840. The van der Waals surface area contributed by atoms with E-state index in [-0.39, 0.29) is 21.7 Å². The first-order valence-electron chi connectivity index (χ1n) is 3.83. The Bertz CT molecular complexity index is 379. The first kappa shape index (κ1) is 11.0. The molecule has 0 aromatic heterocycles. The predicted octanol–water partition coefficient (Wildman–Crippen LogP) is 2.00. The Morgan fingerprint density at radius 3 is 2.57 bits per heavy atom. The molecule has 0 fully saturated rings. The smallest absolute Gasteiger partial charge is 0.257 e. The fourth-order valence-electron chi connectivity index (χ4n) is 0.949. The average molecular weight is 262 g/mol. The number of halogens is 2. The molecule has 76 valence electrons. The zero-order valence-electron chi connectivity index (χ0n) is 7.71. The second kappa shape index (κ2) is 3.96. The van der Waals surface area contributed by atoms with E-state index in [0.29, 0.717) is 0 Å². The van der Waals surface area contributed by atoms with E-state index in [4.69, 9.17) is 0 Å². The summed E-state index contributed by atoms with van der Waals surface area (Å²) < 4.78 is 13.0. The van der Waals surface area contributed by atoms with Crippen molar-refractivity contribution in [3.8, 4) is 5.75 Å². The summed E-state index contributed by atoms with van der Waals surface area (Å²) in [4.78, 5) is 12.8. The lowest BCUT2D eigenvalue weighted by Gasteiger charge is -2.11. The van der Waals surface area contributed by atoms with Crippen LogP contribution in [0.4, 0.5) is 4.39 Å². The van der Waals surface area contributed by atoms with Gasteiger partial charge in [0.15, 0.2) is 0 Å². The van der Waals surface area contributed by atoms with E-state index < -0.39 is 5.82 Å². The number of hydrogen-bond donors (Lipinski definition) is 1. The maximum atomic E-state index is 12.9. The highest BCUT2D eigenvalue weighted by molar-refractivity contribution is 9.10. The second-order valence-electron chi connectivity index (χ2n) is 2.98. The lowest BCUT2D eigenvalue weighted by Crippen LogP contribution is -2.21. The van der Waals surface area contributed by atoms with E-state index in [2.05, 4.69) is 15.9 Å². The van der Waals surface area contributed by atoms with E-state index in [9.17, 15) is 14.3 Å². The number of phenols is 1. The molecule has 0 spiro atoms. The molecule has 0 aliphatic carbocycles. The van der Waals surface area contributed by atoms with Crippen molar-refractivity contribution in [2.45, 2.75) is 0 Å². The third-order valence-electron chi connectivity index (χ3n) is 1.68. The van der Waals surface area contributed by atoms with Gasteiger partial charge < -0.3 is 10.0 Å². The second-order valence-corrected chi connectivity index (χ2v) is 3.84. The molecular weight excluding hydrogens is 253 g/mol. The van der Waals surface area contributed by atoms with Gasteiger partial charge in [0, 0.05) is 20.2 Å². The van der Waals surface area contributed by atoms with Gasteiger partial charge in [0.05, 0.1) is 10.0 Å². The molecule has 1 N–H and O–H groups in total. The van der Waals surface area contributed by atoms with E-state index in [1.807, 2.05) is 0 Å². The number of carbonyl (C=O) groups is 1. The van der Waals surface area contributed by atoms with Gasteiger partial charge in [-0.15, -0.1) is 0 Å². The van der Waals surface area contributed by atoms with Crippen LogP contribution in [-0.4, -0.2) is 30.0 Å². The molecular formula is C9H9BrFNO2. The van der Waals surface area contributed by atoms with Crippen LogP contribution in [0.25, 0.3) is 0 Å². The normalized spacial score (nSPS) is 10.0. The Morgan fingerprint density at radius 1 is 1.50 bits per heavy atom. The van der Waals surface area contributed by atoms with Gasteiger partial charge in [-0.05, 0) is 22.0 Å². The van der Waals surface area contributed by atoms with Gasteiger partial charge in [-0.2, -0.15) is 0 Å². The number of amides is 1. The highest BCUT2D eigenvalue weighted by atomic mass is 79.9. The molecule has 0 radical (unpaired) electrons. The van der Waals surface area contributed by atoms with Crippen molar-refractivity contribution < 1.29 is 14.3 Å². The number of phenolic OH excluding ortho intramolecular Hbond substituents is 1. The van der Waals surface area contributed by atoms with Crippen molar-refractivity contribution in [3.63, 3.8) is 0 Å². The molecule has 1 rings (SSSR count). The van der Waals surface area contributed by atoms with Gasteiger partial charge in [-0.25, -0.2) is 4.39 Å². The molecule has 5 heteroatoms. The van der Waals surface area contributed by atoms with Gasteiger partial charge in [0.2, 0.25) is 0 Å². The minimum Gasteiger partial charge on any atom is -0.507 e. The van der Waals surface area contributed by atoms with Gasteiger partial charge in [0.1, 0.15) is 11.6 Å². The van der Waals surface area contributed by atoms with Crippen molar-refractivity contribution in [2.24, 2.45) is 0 Å². The number of aromatic hydroxyl groups is 1. The number of carbonyl (C=O) groups excluding carboxylic acids is 1. The molecule has 0 aliphatic heterocycles. The Labute approximate surface area is 89.3 Å². The fourth-order valence-corrected chi connectivity index (χ4v) is 1.29. The summed E-state index contributed by atoms with van der Waals surface area (Å²) in [6.07, 6.45) is 0. The number of nitrogens with zero attached hydrogens (tertiary/aromatic N) is 1. The van der Waals surface area contributed by atoms with Gasteiger partial charge in [-0.1, -0.05) is 0 Å². The molecule has 0 saturated heterocycles.